The van der Waals surface area contributed by atoms with Crippen LogP contribution in [-0.4, -0.2) is 19.7 Å². The van der Waals surface area contributed by atoms with Gasteiger partial charge in [0.25, 0.3) is 0 Å². The highest BCUT2D eigenvalue weighted by Gasteiger charge is 2.37. The molecule has 0 spiro atoms. The Morgan fingerprint density at radius 2 is 2.36 bits per heavy atom. The minimum absolute atomic E-state index is 0.687. The summed E-state index contributed by atoms with van der Waals surface area (Å²) in [5, 5.41) is 3.46. The first-order chi connectivity index (χ1) is 6.85. The fourth-order valence-electron chi connectivity index (χ4n) is 1.92. The van der Waals surface area contributed by atoms with Crippen LogP contribution in [0.25, 0.3) is 0 Å². The lowest BCUT2D eigenvalue weighted by molar-refractivity contribution is 0.414. The van der Waals surface area contributed by atoms with Gasteiger partial charge in [-0.2, -0.15) is 0 Å². The zero-order valence-corrected chi connectivity index (χ0v) is 8.79. The zero-order chi connectivity index (χ0) is 9.97. The third kappa shape index (κ3) is 1.90. The van der Waals surface area contributed by atoms with Gasteiger partial charge in [-0.05, 0) is 30.7 Å². The highest BCUT2D eigenvalue weighted by molar-refractivity contribution is 5.35. The van der Waals surface area contributed by atoms with Crippen molar-refractivity contribution >= 4 is 0 Å². The Bertz CT molecular complexity index is 311. The summed E-state index contributed by atoms with van der Waals surface area (Å²) in [7, 11) is 1.72. The summed E-state index contributed by atoms with van der Waals surface area (Å²) < 4.78 is 5.21. The smallest absolute Gasteiger partial charge is 0.119 e. The molecular weight excluding hydrogens is 174 g/mol. The number of likely N-dealkylation sites (N-methyl/N-ethyl adjacent to an activating group) is 1. The van der Waals surface area contributed by atoms with Crippen molar-refractivity contribution in [3.8, 4) is 5.75 Å². The number of hydrogen-bond acceptors (Lipinski definition) is 2. The van der Waals surface area contributed by atoms with E-state index >= 15 is 0 Å². The number of hydrogen-bond donors (Lipinski definition) is 1. The third-order valence-corrected chi connectivity index (χ3v) is 2.78. The fraction of sp³-hybridized carbons (Fsp3) is 0.500. The highest BCUT2D eigenvalue weighted by atomic mass is 16.5. The van der Waals surface area contributed by atoms with Crippen LogP contribution in [0.3, 0.4) is 0 Å². The minimum atomic E-state index is 0.687. The van der Waals surface area contributed by atoms with Crippen LogP contribution >= 0.6 is 0 Å². The van der Waals surface area contributed by atoms with E-state index in [1.54, 1.807) is 7.11 Å². The molecule has 2 nitrogen and oxygen atoms in total. The van der Waals surface area contributed by atoms with Gasteiger partial charge in [-0.3, -0.25) is 0 Å². The van der Waals surface area contributed by atoms with Crippen LogP contribution in [-0.2, 0) is 0 Å². The second-order valence-corrected chi connectivity index (χ2v) is 3.78. The van der Waals surface area contributed by atoms with E-state index in [4.69, 9.17) is 4.74 Å². The lowest BCUT2D eigenvalue weighted by Gasteiger charge is -2.04. The van der Waals surface area contributed by atoms with Crippen LogP contribution in [0.5, 0.6) is 5.75 Å². The Morgan fingerprint density at radius 3 is 3.07 bits per heavy atom. The van der Waals surface area contributed by atoms with Gasteiger partial charge in [0.05, 0.1) is 7.11 Å². The van der Waals surface area contributed by atoms with Crippen molar-refractivity contribution in [2.75, 3.05) is 13.7 Å². The van der Waals surface area contributed by atoms with Gasteiger partial charge < -0.3 is 10.1 Å². The molecule has 1 aromatic rings. The van der Waals surface area contributed by atoms with Gasteiger partial charge in [-0.1, -0.05) is 19.1 Å². The van der Waals surface area contributed by atoms with Crippen molar-refractivity contribution in [1.82, 2.24) is 5.32 Å². The first-order valence-corrected chi connectivity index (χ1v) is 5.22. The Morgan fingerprint density at radius 1 is 1.50 bits per heavy atom. The predicted molar refractivity (Wildman–Crippen MR) is 57.8 cm³/mol. The summed E-state index contributed by atoms with van der Waals surface area (Å²) in [5.74, 6) is 1.66. The summed E-state index contributed by atoms with van der Waals surface area (Å²) in [5.41, 5.74) is 1.40. The molecule has 1 aromatic carbocycles. The Labute approximate surface area is 85.3 Å². The largest absolute Gasteiger partial charge is 0.497 e. The average Bonchev–Trinajstić information content (AvgIpc) is 2.98. The Balaban J connectivity index is 2.03. The molecule has 1 aliphatic carbocycles. The van der Waals surface area contributed by atoms with Gasteiger partial charge in [-0.25, -0.2) is 0 Å². The number of nitrogens with one attached hydrogen (secondary N) is 1. The fourth-order valence-corrected chi connectivity index (χ4v) is 1.92. The molecule has 0 heterocycles. The van der Waals surface area contributed by atoms with Crippen LogP contribution in [0.15, 0.2) is 24.3 Å². The average molecular weight is 191 g/mol. The van der Waals surface area contributed by atoms with Gasteiger partial charge in [0.2, 0.25) is 0 Å². The van der Waals surface area contributed by atoms with Gasteiger partial charge >= 0.3 is 0 Å². The van der Waals surface area contributed by atoms with Crippen LogP contribution in [0.1, 0.15) is 24.8 Å². The maximum Gasteiger partial charge on any atom is 0.119 e. The summed E-state index contributed by atoms with van der Waals surface area (Å²) in [6, 6.07) is 9.07. The van der Waals surface area contributed by atoms with E-state index in [2.05, 4.69) is 30.4 Å². The third-order valence-electron chi connectivity index (χ3n) is 2.78. The topological polar surface area (TPSA) is 21.3 Å². The van der Waals surface area contributed by atoms with Crippen molar-refractivity contribution in [3.05, 3.63) is 29.8 Å². The van der Waals surface area contributed by atoms with E-state index in [1.807, 2.05) is 6.07 Å². The molecule has 2 atom stereocenters. The predicted octanol–water partition coefficient (Wildman–Crippen LogP) is 2.16. The molecule has 14 heavy (non-hydrogen) atoms. The summed E-state index contributed by atoms with van der Waals surface area (Å²) in [6.45, 7) is 3.21. The van der Waals surface area contributed by atoms with Crippen molar-refractivity contribution in [3.63, 3.8) is 0 Å². The van der Waals surface area contributed by atoms with Crippen LogP contribution in [0.2, 0.25) is 0 Å². The van der Waals surface area contributed by atoms with Gasteiger partial charge in [-0.15, -0.1) is 0 Å². The molecule has 2 heteroatoms. The summed E-state index contributed by atoms with van der Waals surface area (Å²) >= 11 is 0. The number of rotatable bonds is 4. The van der Waals surface area contributed by atoms with Crippen molar-refractivity contribution < 1.29 is 4.74 Å². The molecule has 0 saturated heterocycles. The van der Waals surface area contributed by atoms with E-state index in [0.29, 0.717) is 12.0 Å². The lowest BCUT2D eigenvalue weighted by atomic mass is 10.1. The van der Waals surface area contributed by atoms with Crippen LogP contribution < -0.4 is 10.1 Å². The number of benzene rings is 1. The van der Waals surface area contributed by atoms with Crippen molar-refractivity contribution in [2.45, 2.75) is 25.3 Å². The van der Waals surface area contributed by atoms with E-state index in [0.717, 1.165) is 12.3 Å². The first kappa shape index (κ1) is 9.53. The SMILES string of the molecule is CCNC1CC1c1cccc(OC)c1. The molecule has 1 fully saturated rings. The van der Waals surface area contributed by atoms with E-state index in [1.165, 1.54) is 12.0 Å². The maximum atomic E-state index is 5.21. The second kappa shape index (κ2) is 4.01. The molecular formula is C12H17NO. The molecule has 1 aliphatic rings. The zero-order valence-electron chi connectivity index (χ0n) is 8.79. The monoisotopic (exact) mass is 191 g/mol. The summed E-state index contributed by atoms with van der Waals surface area (Å²) in [6.07, 6.45) is 1.26. The van der Waals surface area contributed by atoms with Crippen LogP contribution in [0, 0.1) is 0 Å². The molecule has 0 radical (unpaired) electrons. The highest BCUT2D eigenvalue weighted by Crippen LogP contribution is 2.41. The minimum Gasteiger partial charge on any atom is -0.497 e. The Kier molecular flexibility index (Phi) is 2.73. The van der Waals surface area contributed by atoms with Gasteiger partial charge in [0.15, 0.2) is 0 Å². The van der Waals surface area contributed by atoms with E-state index in [-0.39, 0.29) is 0 Å². The molecule has 2 unspecified atom stereocenters. The van der Waals surface area contributed by atoms with Crippen molar-refractivity contribution in [2.24, 2.45) is 0 Å². The molecule has 0 aromatic heterocycles. The van der Waals surface area contributed by atoms with Crippen LogP contribution in [0.4, 0.5) is 0 Å². The van der Waals surface area contributed by atoms with E-state index in [9.17, 15) is 0 Å². The number of methoxy groups -OCH3 is 1. The maximum absolute atomic E-state index is 5.21. The van der Waals surface area contributed by atoms with Gasteiger partial charge in [0.1, 0.15) is 5.75 Å². The van der Waals surface area contributed by atoms with E-state index < -0.39 is 0 Å². The molecule has 1 N–H and O–H groups in total. The summed E-state index contributed by atoms with van der Waals surface area (Å²) in [4.78, 5) is 0. The van der Waals surface area contributed by atoms with Gasteiger partial charge in [0, 0.05) is 12.0 Å². The Hall–Kier alpha value is -1.02. The lowest BCUT2D eigenvalue weighted by Crippen LogP contribution is -2.16. The standard InChI is InChI=1S/C12H17NO/c1-3-13-12-8-11(12)9-5-4-6-10(7-9)14-2/h4-7,11-13H,3,8H2,1-2H3. The normalized spacial score (nSPS) is 24.7. The van der Waals surface area contributed by atoms with Crippen molar-refractivity contribution in [1.29, 1.82) is 0 Å². The molecule has 0 amide bonds. The second-order valence-electron chi connectivity index (χ2n) is 3.78. The number of ether oxygens (including phenoxy) is 1. The quantitative estimate of drug-likeness (QED) is 0.787. The molecule has 76 valence electrons. The molecule has 0 aliphatic heterocycles. The molecule has 2 rings (SSSR count). The molecule has 1 saturated carbocycles. The first-order valence-electron chi connectivity index (χ1n) is 5.22. The molecule has 0 bridgehead atoms.